The van der Waals surface area contributed by atoms with E-state index in [1.165, 1.54) is 5.56 Å². The summed E-state index contributed by atoms with van der Waals surface area (Å²) in [6.07, 6.45) is 7.24. The van der Waals surface area contributed by atoms with Crippen LogP contribution in [0.1, 0.15) is 31.2 Å². The van der Waals surface area contributed by atoms with E-state index in [1.807, 2.05) is 6.20 Å². The molecule has 0 radical (unpaired) electrons. The average molecular weight is 511 g/mol. The summed E-state index contributed by atoms with van der Waals surface area (Å²) in [4.78, 5) is 11.6. The molecule has 1 aromatic carbocycles. The minimum absolute atomic E-state index is 0. The summed E-state index contributed by atoms with van der Waals surface area (Å²) in [7, 11) is 2.10. The van der Waals surface area contributed by atoms with Crippen LogP contribution in [0.25, 0.3) is 0 Å². The summed E-state index contributed by atoms with van der Waals surface area (Å²) in [5.41, 5.74) is 1.38. The van der Waals surface area contributed by atoms with Crippen LogP contribution in [0.15, 0.2) is 47.7 Å². The van der Waals surface area contributed by atoms with Crippen molar-refractivity contribution in [2.24, 2.45) is 10.9 Å². The number of imidazole rings is 1. The number of ether oxygens (including phenoxy) is 1. The van der Waals surface area contributed by atoms with Gasteiger partial charge in [0.1, 0.15) is 12.4 Å². The Labute approximate surface area is 191 Å². The van der Waals surface area contributed by atoms with Gasteiger partial charge in [-0.2, -0.15) is 0 Å². The predicted molar refractivity (Wildman–Crippen MR) is 129 cm³/mol. The lowest BCUT2D eigenvalue weighted by Gasteiger charge is -2.24. The quantitative estimate of drug-likeness (QED) is 0.318. The van der Waals surface area contributed by atoms with E-state index in [0.29, 0.717) is 12.5 Å². The first-order valence-electron chi connectivity index (χ1n) is 10.4. The molecule has 1 fully saturated rings. The summed E-state index contributed by atoms with van der Waals surface area (Å²) in [6, 6.07) is 10.6. The minimum Gasteiger partial charge on any atom is -0.381 e. The summed E-state index contributed by atoms with van der Waals surface area (Å²) in [5.74, 6) is 2.54. The first kappa shape index (κ1) is 23.7. The standard InChI is InChI=1S/C22H33N5O.HI/c1-3-23-22(26(2)17-20-11-15-28-18-20)25-16-21-24-12-14-27(21)13-7-10-19-8-5-4-6-9-19;/h4-6,8-9,12,14,20H,3,7,10-11,13,15-18H2,1-2H3,(H,23,25);1H. The fourth-order valence-electron chi connectivity index (χ4n) is 3.61. The summed E-state index contributed by atoms with van der Waals surface area (Å²) >= 11 is 0. The minimum atomic E-state index is 0. The average Bonchev–Trinajstić information content (AvgIpc) is 3.38. The molecule has 2 aromatic rings. The molecule has 1 atom stereocenters. The predicted octanol–water partition coefficient (Wildman–Crippen LogP) is 3.57. The molecule has 2 heterocycles. The molecule has 1 aromatic heterocycles. The molecule has 1 unspecified atom stereocenters. The van der Waals surface area contributed by atoms with Gasteiger partial charge in [-0.05, 0) is 31.7 Å². The molecular formula is C22H34IN5O. The number of aromatic nitrogens is 2. The maximum atomic E-state index is 5.50. The fraction of sp³-hybridized carbons (Fsp3) is 0.545. The van der Waals surface area contributed by atoms with Gasteiger partial charge in [-0.15, -0.1) is 24.0 Å². The molecule has 0 amide bonds. The molecule has 0 aliphatic carbocycles. The Morgan fingerprint density at radius 1 is 1.34 bits per heavy atom. The number of rotatable bonds is 9. The Morgan fingerprint density at radius 3 is 2.90 bits per heavy atom. The molecule has 0 bridgehead atoms. The van der Waals surface area contributed by atoms with Crippen LogP contribution in [0.5, 0.6) is 0 Å². The number of nitrogens with zero attached hydrogens (tertiary/aromatic N) is 4. The second-order valence-corrected chi connectivity index (χ2v) is 7.41. The van der Waals surface area contributed by atoms with E-state index in [9.17, 15) is 0 Å². The first-order chi connectivity index (χ1) is 13.8. The van der Waals surface area contributed by atoms with E-state index < -0.39 is 0 Å². The van der Waals surface area contributed by atoms with Gasteiger partial charge in [0.05, 0.1) is 6.61 Å². The molecule has 0 saturated carbocycles. The summed E-state index contributed by atoms with van der Waals surface area (Å²) < 4.78 is 7.72. The van der Waals surface area contributed by atoms with Crippen molar-refractivity contribution < 1.29 is 4.74 Å². The van der Waals surface area contributed by atoms with E-state index in [-0.39, 0.29) is 24.0 Å². The van der Waals surface area contributed by atoms with Crippen molar-refractivity contribution in [2.45, 2.75) is 39.3 Å². The normalized spacial score (nSPS) is 16.5. The number of benzene rings is 1. The Bertz CT molecular complexity index is 728. The third-order valence-electron chi connectivity index (χ3n) is 5.13. The van der Waals surface area contributed by atoms with Crippen LogP contribution < -0.4 is 5.32 Å². The highest BCUT2D eigenvalue weighted by Gasteiger charge is 2.19. The van der Waals surface area contributed by atoms with Crippen molar-refractivity contribution in [3.8, 4) is 0 Å². The van der Waals surface area contributed by atoms with Gasteiger partial charge in [0.15, 0.2) is 5.96 Å². The third-order valence-corrected chi connectivity index (χ3v) is 5.13. The molecule has 29 heavy (non-hydrogen) atoms. The number of hydrogen-bond acceptors (Lipinski definition) is 3. The molecule has 0 spiro atoms. The zero-order valence-electron chi connectivity index (χ0n) is 17.6. The van der Waals surface area contributed by atoms with Gasteiger partial charge in [0.2, 0.25) is 0 Å². The first-order valence-corrected chi connectivity index (χ1v) is 10.4. The number of aliphatic imine (C=N–C) groups is 1. The largest absolute Gasteiger partial charge is 0.381 e. The number of aryl methyl sites for hydroxylation is 2. The fourth-order valence-corrected chi connectivity index (χ4v) is 3.61. The molecule has 3 rings (SSSR count). The number of nitrogens with one attached hydrogen (secondary N) is 1. The van der Waals surface area contributed by atoms with E-state index in [1.54, 1.807) is 0 Å². The van der Waals surface area contributed by atoms with Gasteiger partial charge in [-0.1, -0.05) is 30.3 Å². The van der Waals surface area contributed by atoms with Crippen LogP contribution in [0.4, 0.5) is 0 Å². The molecule has 1 aliphatic heterocycles. The van der Waals surface area contributed by atoms with Crippen molar-refractivity contribution in [3.05, 3.63) is 54.1 Å². The van der Waals surface area contributed by atoms with Crippen molar-refractivity contribution >= 4 is 29.9 Å². The van der Waals surface area contributed by atoms with Gasteiger partial charge < -0.3 is 19.5 Å². The molecule has 1 N–H and O–H groups in total. The SMILES string of the molecule is CCNC(=NCc1nccn1CCCc1ccccc1)N(C)CC1CCOC1.I. The van der Waals surface area contributed by atoms with Gasteiger partial charge in [-0.25, -0.2) is 9.98 Å². The Kier molecular flexibility index (Phi) is 10.5. The van der Waals surface area contributed by atoms with Crippen LogP contribution in [0.3, 0.4) is 0 Å². The maximum absolute atomic E-state index is 5.50. The van der Waals surface area contributed by atoms with E-state index in [4.69, 9.17) is 9.73 Å². The van der Waals surface area contributed by atoms with Gasteiger partial charge >= 0.3 is 0 Å². The van der Waals surface area contributed by atoms with Crippen molar-refractivity contribution in [1.82, 2.24) is 19.8 Å². The second-order valence-electron chi connectivity index (χ2n) is 7.41. The van der Waals surface area contributed by atoms with Gasteiger partial charge in [0, 0.05) is 51.6 Å². The molecule has 7 heteroatoms. The maximum Gasteiger partial charge on any atom is 0.194 e. The van der Waals surface area contributed by atoms with Crippen LogP contribution in [-0.4, -0.2) is 53.8 Å². The summed E-state index contributed by atoms with van der Waals surface area (Å²) in [6.45, 7) is 7.22. The molecule has 1 aliphatic rings. The lowest BCUT2D eigenvalue weighted by molar-refractivity contribution is 0.181. The highest BCUT2D eigenvalue weighted by Crippen LogP contribution is 2.13. The Hall–Kier alpha value is -1.61. The molecule has 160 valence electrons. The topological polar surface area (TPSA) is 54.7 Å². The monoisotopic (exact) mass is 511 g/mol. The Balaban J connectivity index is 0.00000300. The number of hydrogen-bond donors (Lipinski definition) is 1. The third kappa shape index (κ3) is 7.62. The van der Waals surface area contributed by atoms with E-state index in [2.05, 4.69) is 70.3 Å². The van der Waals surface area contributed by atoms with Gasteiger partial charge in [0.25, 0.3) is 0 Å². The molecule has 1 saturated heterocycles. The van der Waals surface area contributed by atoms with E-state index >= 15 is 0 Å². The lowest BCUT2D eigenvalue weighted by atomic mass is 10.1. The van der Waals surface area contributed by atoms with Gasteiger partial charge in [-0.3, -0.25) is 0 Å². The smallest absolute Gasteiger partial charge is 0.194 e. The van der Waals surface area contributed by atoms with Crippen molar-refractivity contribution in [2.75, 3.05) is 33.4 Å². The highest BCUT2D eigenvalue weighted by atomic mass is 127. The molecule has 6 nitrogen and oxygen atoms in total. The summed E-state index contributed by atoms with van der Waals surface area (Å²) in [5, 5.41) is 3.40. The van der Waals surface area contributed by atoms with Crippen LogP contribution in [-0.2, 0) is 24.2 Å². The van der Waals surface area contributed by atoms with Crippen molar-refractivity contribution in [3.63, 3.8) is 0 Å². The lowest BCUT2D eigenvalue weighted by Crippen LogP contribution is -2.41. The highest BCUT2D eigenvalue weighted by molar-refractivity contribution is 14.0. The van der Waals surface area contributed by atoms with Crippen molar-refractivity contribution in [1.29, 1.82) is 0 Å². The van der Waals surface area contributed by atoms with Crippen LogP contribution in [0.2, 0.25) is 0 Å². The van der Waals surface area contributed by atoms with Crippen LogP contribution >= 0.6 is 24.0 Å². The molecular weight excluding hydrogens is 477 g/mol. The van der Waals surface area contributed by atoms with E-state index in [0.717, 1.165) is 63.9 Å². The number of halogens is 1. The Morgan fingerprint density at radius 2 is 2.17 bits per heavy atom. The second kappa shape index (κ2) is 12.8. The zero-order valence-corrected chi connectivity index (χ0v) is 19.9. The van der Waals surface area contributed by atoms with Crippen LogP contribution in [0, 0.1) is 5.92 Å². The zero-order chi connectivity index (χ0) is 19.6. The number of guanidine groups is 1.